The molecule has 1 aliphatic rings. The lowest BCUT2D eigenvalue weighted by molar-refractivity contribution is 0.0243. The summed E-state index contributed by atoms with van der Waals surface area (Å²) in [5, 5.41) is 0. The van der Waals surface area contributed by atoms with Gasteiger partial charge in [0.05, 0.1) is 30.6 Å². The van der Waals surface area contributed by atoms with Crippen LogP contribution in [0, 0.1) is 0 Å². The van der Waals surface area contributed by atoms with E-state index < -0.39 is 0 Å². The lowest BCUT2D eigenvalue weighted by atomic mass is 10.1. The molecule has 7 nitrogen and oxygen atoms in total. The minimum absolute atomic E-state index is 0.101. The Labute approximate surface area is 132 Å². The number of pyridine rings is 1. The quantitative estimate of drug-likeness (QED) is 0.732. The van der Waals surface area contributed by atoms with E-state index in [1.165, 1.54) is 6.33 Å². The molecule has 0 N–H and O–H groups in total. The van der Waals surface area contributed by atoms with Crippen LogP contribution in [0.3, 0.4) is 0 Å². The minimum Gasteiger partial charge on any atom is -0.473 e. The second kappa shape index (κ2) is 6.21. The summed E-state index contributed by atoms with van der Waals surface area (Å²) < 4.78 is 11.4. The van der Waals surface area contributed by atoms with Crippen molar-refractivity contribution in [1.29, 1.82) is 0 Å². The van der Waals surface area contributed by atoms with Crippen molar-refractivity contribution in [1.82, 2.24) is 24.9 Å². The predicted molar refractivity (Wildman–Crippen MR) is 82.8 cm³/mol. The Morgan fingerprint density at radius 3 is 2.74 bits per heavy atom. The van der Waals surface area contributed by atoms with Crippen LogP contribution in [0.1, 0.15) is 12.8 Å². The van der Waals surface area contributed by atoms with Gasteiger partial charge in [-0.1, -0.05) is 0 Å². The van der Waals surface area contributed by atoms with Gasteiger partial charge in [0.25, 0.3) is 0 Å². The highest BCUT2D eigenvalue weighted by atomic mass is 16.5. The van der Waals surface area contributed by atoms with E-state index in [1.807, 2.05) is 12.1 Å². The fourth-order valence-electron chi connectivity index (χ4n) is 2.53. The van der Waals surface area contributed by atoms with E-state index in [9.17, 15) is 0 Å². The van der Waals surface area contributed by atoms with Crippen molar-refractivity contribution in [2.75, 3.05) is 13.2 Å². The van der Waals surface area contributed by atoms with E-state index in [0.717, 1.165) is 24.1 Å². The maximum Gasteiger partial charge on any atom is 0.244 e. The lowest BCUT2D eigenvalue weighted by Gasteiger charge is -2.22. The number of fused-ring (bicyclic) bond motifs is 1. The predicted octanol–water partition coefficient (Wildman–Crippen LogP) is 2.04. The van der Waals surface area contributed by atoms with E-state index in [0.29, 0.717) is 30.3 Å². The van der Waals surface area contributed by atoms with Crippen LogP contribution in [-0.2, 0) is 4.74 Å². The Hall–Kier alpha value is -2.67. The van der Waals surface area contributed by atoms with Crippen molar-refractivity contribution < 1.29 is 9.47 Å². The number of aromatic nitrogens is 5. The van der Waals surface area contributed by atoms with Gasteiger partial charge in [-0.15, -0.1) is 0 Å². The molecule has 23 heavy (non-hydrogen) atoms. The molecule has 1 aliphatic heterocycles. The summed E-state index contributed by atoms with van der Waals surface area (Å²) in [6, 6.07) is 3.77. The SMILES string of the molecule is c1cnc(-c2ccc3ncnc(OC4CCOCC4)c3n2)cn1. The second-order valence-corrected chi connectivity index (χ2v) is 5.26. The average molecular weight is 309 g/mol. The minimum atomic E-state index is 0.101. The Kier molecular flexibility index (Phi) is 3.77. The number of hydrogen-bond acceptors (Lipinski definition) is 7. The van der Waals surface area contributed by atoms with E-state index in [1.54, 1.807) is 18.6 Å². The molecule has 0 bridgehead atoms. The average Bonchev–Trinajstić information content (AvgIpc) is 2.63. The van der Waals surface area contributed by atoms with Gasteiger partial charge in [0.2, 0.25) is 5.88 Å². The van der Waals surface area contributed by atoms with Crippen LogP contribution in [0.25, 0.3) is 22.4 Å². The Morgan fingerprint density at radius 2 is 1.91 bits per heavy atom. The van der Waals surface area contributed by atoms with E-state index in [-0.39, 0.29) is 6.10 Å². The molecule has 4 heterocycles. The van der Waals surface area contributed by atoms with Gasteiger partial charge in [0.15, 0.2) is 5.52 Å². The van der Waals surface area contributed by atoms with Crippen LogP contribution in [0.2, 0.25) is 0 Å². The molecule has 116 valence electrons. The molecule has 0 spiro atoms. The Balaban J connectivity index is 1.72. The number of nitrogens with zero attached hydrogens (tertiary/aromatic N) is 5. The fraction of sp³-hybridized carbons (Fsp3) is 0.312. The zero-order chi connectivity index (χ0) is 15.5. The van der Waals surface area contributed by atoms with Crippen LogP contribution in [0.15, 0.2) is 37.1 Å². The van der Waals surface area contributed by atoms with Crippen molar-refractivity contribution >= 4 is 11.0 Å². The molecule has 4 rings (SSSR count). The molecule has 7 heteroatoms. The van der Waals surface area contributed by atoms with Crippen LogP contribution in [0.4, 0.5) is 0 Å². The first-order valence-corrected chi connectivity index (χ1v) is 7.53. The van der Waals surface area contributed by atoms with Gasteiger partial charge in [-0.05, 0) is 12.1 Å². The van der Waals surface area contributed by atoms with Crippen LogP contribution in [0.5, 0.6) is 5.88 Å². The first kappa shape index (κ1) is 14.0. The fourth-order valence-corrected chi connectivity index (χ4v) is 2.53. The molecule has 1 fully saturated rings. The smallest absolute Gasteiger partial charge is 0.244 e. The van der Waals surface area contributed by atoms with Crippen molar-refractivity contribution in [3.8, 4) is 17.3 Å². The molecule has 0 atom stereocenters. The zero-order valence-electron chi connectivity index (χ0n) is 12.4. The molecule has 1 saturated heterocycles. The summed E-state index contributed by atoms with van der Waals surface area (Å²) in [6.45, 7) is 1.43. The maximum absolute atomic E-state index is 6.03. The molecule has 0 aromatic carbocycles. The third kappa shape index (κ3) is 2.95. The summed E-state index contributed by atoms with van der Waals surface area (Å²) in [5.41, 5.74) is 2.81. The summed E-state index contributed by atoms with van der Waals surface area (Å²) in [5.74, 6) is 0.507. The standard InChI is InChI=1S/C16H15N5O2/c1-2-13-15(21-12(1)14-9-17-5-6-18-14)16(20-10-19-13)23-11-3-7-22-8-4-11/h1-2,5-6,9-11H,3-4,7-8H2. The molecule has 0 radical (unpaired) electrons. The first-order chi connectivity index (χ1) is 11.4. The van der Waals surface area contributed by atoms with Crippen molar-refractivity contribution in [3.05, 3.63) is 37.1 Å². The lowest BCUT2D eigenvalue weighted by Crippen LogP contribution is -2.26. The molecule has 3 aromatic heterocycles. The zero-order valence-corrected chi connectivity index (χ0v) is 12.4. The number of rotatable bonds is 3. The van der Waals surface area contributed by atoms with Gasteiger partial charge in [0, 0.05) is 25.2 Å². The summed E-state index contributed by atoms with van der Waals surface area (Å²) >= 11 is 0. The Morgan fingerprint density at radius 1 is 1.00 bits per heavy atom. The van der Waals surface area contributed by atoms with E-state index >= 15 is 0 Å². The van der Waals surface area contributed by atoms with Crippen molar-refractivity contribution in [3.63, 3.8) is 0 Å². The van der Waals surface area contributed by atoms with Crippen LogP contribution in [-0.4, -0.2) is 44.2 Å². The maximum atomic E-state index is 6.03. The third-order valence-corrected chi connectivity index (χ3v) is 3.72. The monoisotopic (exact) mass is 309 g/mol. The highest BCUT2D eigenvalue weighted by molar-refractivity contribution is 5.81. The number of ether oxygens (including phenoxy) is 2. The first-order valence-electron chi connectivity index (χ1n) is 7.53. The molecular formula is C16H15N5O2. The second-order valence-electron chi connectivity index (χ2n) is 5.26. The van der Waals surface area contributed by atoms with Gasteiger partial charge in [-0.2, -0.15) is 4.98 Å². The van der Waals surface area contributed by atoms with E-state index in [4.69, 9.17) is 9.47 Å². The van der Waals surface area contributed by atoms with Crippen LogP contribution < -0.4 is 4.74 Å². The van der Waals surface area contributed by atoms with E-state index in [2.05, 4.69) is 24.9 Å². The third-order valence-electron chi connectivity index (χ3n) is 3.72. The molecule has 0 aliphatic carbocycles. The summed E-state index contributed by atoms with van der Waals surface area (Å²) in [6.07, 6.45) is 8.27. The molecular weight excluding hydrogens is 294 g/mol. The van der Waals surface area contributed by atoms with Gasteiger partial charge in [-0.25, -0.2) is 9.97 Å². The summed E-state index contributed by atoms with van der Waals surface area (Å²) in [7, 11) is 0. The van der Waals surface area contributed by atoms with Crippen molar-refractivity contribution in [2.45, 2.75) is 18.9 Å². The largest absolute Gasteiger partial charge is 0.473 e. The summed E-state index contributed by atoms with van der Waals surface area (Å²) in [4.78, 5) is 21.5. The van der Waals surface area contributed by atoms with Gasteiger partial charge >= 0.3 is 0 Å². The molecule has 3 aromatic rings. The highest BCUT2D eigenvalue weighted by Crippen LogP contribution is 2.25. The van der Waals surface area contributed by atoms with Crippen LogP contribution >= 0.6 is 0 Å². The molecule has 0 unspecified atom stereocenters. The van der Waals surface area contributed by atoms with Crippen molar-refractivity contribution in [2.24, 2.45) is 0 Å². The normalized spacial score (nSPS) is 15.7. The number of hydrogen-bond donors (Lipinski definition) is 0. The Bertz CT molecular complexity index is 806. The van der Waals surface area contributed by atoms with Gasteiger partial charge < -0.3 is 9.47 Å². The van der Waals surface area contributed by atoms with Gasteiger partial charge in [0.1, 0.15) is 18.1 Å². The topological polar surface area (TPSA) is 82.9 Å². The van der Waals surface area contributed by atoms with Gasteiger partial charge in [-0.3, -0.25) is 9.97 Å². The highest BCUT2D eigenvalue weighted by Gasteiger charge is 2.18. The molecule has 0 saturated carbocycles. The molecule has 0 amide bonds.